The van der Waals surface area contributed by atoms with E-state index in [0.717, 1.165) is 18.4 Å². The number of hydrogen-bond donors (Lipinski definition) is 2. The Morgan fingerprint density at radius 2 is 1.97 bits per heavy atom. The Bertz CT molecular complexity index is 864. The fourth-order valence-corrected chi connectivity index (χ4v) is 2.89. The first-order valence-corrected chi connectivity index (χ1v) is 9.69. The number of ether oxygens (including phenoxy) is 2. The van der Waals surface area contributed by atoms with Crippen molar-refractivity contribution in [3.63, 3.8) is 0 Å². The predicted octanol–water partition coefficient (Wildman–Crippen LogP) is 2.66. The molecule has 0 unspecified atom stereocenters. The zero-order valence-electron chi connectivity index (χ0n) is 15.8. The van der Waals surface area contributed by atoms with Gasteiger partial charge in [0.1, 0.15) is 12.4 Å². The van der Waals surface area contributed by atoms with Gasteiger partial charge in [-0.2, -0.15) is 5.10 Å². The minimum absolute atomic E-state index is 0.0279. The molecule has 1 heterocycles. The van der Waals surface area contributed by atoms with E-state index in [1.807, 2.05) is 24.3 Å². The standard InChI is InChI=1S/C21H22ClN3O4/c22-17-9-7-15(8-10-17)14-29-19-6-2-1-4-16(19)12-24-25-21(27)20(26)23-13-18-5-3-11-28-18/h1-2,4,6-10,12,18H,3,5,11,13-14H2,(H,23,26)(H,25,27)/b24-12-/t18-/m1/s1. The Labute approximate surface area is 174 Å². The number of benzene rings is 2. The van der Waals surface area contributed by atoms with Gasteiger partial charge >= 0.3 is 11.8 Å². The summed E-state index contributed by atoms with van der Waals surface area (Å²) in [5, 5.41) is 7.06. The average Bonchev–Trinajstić information content (AvgIpc) is 3.26. The minimum atomic E-state index is -0.834. The summed E-state index contributed by atoms with van der Waals surface area (Å²) in [4.78, 5) is 23.6. The SMILES string of the molecule is O=C(NC[C@H]1CCCO1)C(=O)N/N=C\c1ccccc1OCc1ccc(Cl)cc1. The number of hydrogen-bond acceptors (Lipinski definition) is 5. The van der Waals surface area contributed by atoms with Gasteiger partial charge in [-0.1, -0.05) is 35.9 Å². The molecule has 0 radical (unpaired) electrons. The van der Waals surface area contributed by atoms with Crippen molar-refractivity contribution < 1.29 is 19.1 Å². The number of amides is 2. The molecule has 1 aliphatic heterocycles. The highest BCUT2D eigenvalue weighted by Gasteiger charge is 2.18. The van der Waals surface area contributed by atoms with Crippen LogP contribution in [-0.2, 0) is 20.9 Å². The monoisotopic (exact) mass is 415 g/mol. The van der Waals surface area contributed by atoms with Crippen LogP contribution in [0.3, 0.4) is 0 Å². The fraction of sp³-hybridized carbons (Fsp3) is 0.286. The van der Waals surface area contributed by atoms with Gasteiger partial charge in [0.25, 0.3) is 0 Å². The zero-order chi connectivity index (χ0) is 20.5. The quantitative estimate of drug-likeness (QED) is 0.413. The Balaban J connectivity index is 1.49. The molecule has 3 rings (SSSR count). The van der Waals surface area contributed by atoms with E-state index in [1.54, 1.807) is 24.3 Å². The lowest BCUT2D eigenvalue weighted by Gasteiger charge is -2.10. The summed E-state index contributed by atoms with van der Waals surface area (Å²) < 4.78 is 11.2. The maximum atomic E-state index is 11.8. The van der Waals surface area contributed by atoms with Gasteiger partial charge in [0.15, 0.2) is 0 Å². The van der Waals surface area contributed by atoms with Gasteiger partial charge in [0.05, 0.1) is 12.3 Å². The van der Waals surface area contributed by atoms with Crippen molar-refractivity contribution in [3.05, 3.63) is 64.7 Å². The summed E-state index contributed by atoms with van der Waals surface area (Å²) in [6.07, 6.45) is 3.26. The first-order valence-electron chi connectivity index (χ1n) is 9.31. The normalized spacial score (nSPS) is 16.0. The molecule has 0 aromatic heterocycles. The van der Waals surface area contributed by atoms with Crippen LogP contribution in [-0.4, -0.2) is 37.3 Å². The molecule has 1 saturated heterocycles. The van der Waals surface area contributed by atoms with Crippen LogP contribution >= 0.6 is 11.6 Å². The van der Waals surface area contributed by atoms with Gasteiger partial charge < -0.3 is 14.8 Å². The molecule has 2 aromatic carbocycles. The molecular weight excluding hydrogens is 394 g/mol. The van der Waals surface area contributed by atoms with Crippen molar-refractivity contribution in [3.8, 4) is 5.75 Å². The Morgan fingerprint density at radius 3 is 2.72 bits per heavy atom. The van der Waals surface area contributed by atoms with Gasteiger partial charge in [-0.25, -0.2) is 5.43 Å². The molecule has 0 saturated carbocycles. The Kier molecular flexibility index (Phi) is 7.61. The molecule has 0 bridgehead atoms. The summed E-state index contributed by atoms with van der Waals surface area (Å²) in [6.45, 7) is 1.37. The number of nitrogens with one attached hydrogen (secondary N) is 2. The lowest BCUT2D eigenvalue weighted by molar-refractivity contribution is -0.139. The van der Waals surface area contributed by atoms with Gasteiger partial charge in [-0.3, -0.25) is 9.59 Å². The number of carbonyl (C=O) groups excluding carboxylic acids is 2. The molecule has 0 spiro atoms. The second kappa shape index (κ2) is 10.6. The first kappa shape index (κ1) is 20.8. The third-order valence-corrected chi connectivity index (χ3v) is 4.57. The van der Waals surface area contributed by atoms with E-state index in [4.69, 9.17) is 21.1 Å². The van der Waals surface area contributed by atoms with Gasteiger partial charge in [-0.05, 0) is 42.7 Å². The molecule has 8 heteroatoms. The number of nitrogens with zero attached hydrogens (tertiary/aromatic N) is 1. The van der Waals surface area contributed by atoms with Crippen molar-refractivity contribution >= 4 is 29.6 Å². The number of para-hydroxylation sites is 1. The van der Waals surface area contributed by atoms with Gasteiger partial charge in [0, 0.05) is 23.7 Å². The molecule has 2 N–H and O–H groups in total. The zero-order valence-corrected chi connectivity index (χ0v) is 16.5. The average molecular weight is 416 g/mol. The van der Waals surface area contributed by atoms with Gasteiger partial charge in [0.2, 0.25) is 0 Å². The number of halogens is 1. The second-order valence-corrected chi connectivity index (χ2v) is 6.93. The lowest BCUT2D eigenvalue weighted by atomic mass is 10.2. The third-order valence-electron chi connectivity index (χ3n) is 4.32. The predicted molar refractivity (Wildman–Crippen MR) is 110 cm³/mol. The Hall–Kier alpha value is -2.90. The van der Waals surface area contributed by atoms with Crippen LogP contribution in [0.25, 0.3) is 0 Å². The van der Waals surface area contributed by atoms with Crippen LogP contribution in [0.4, 0.5) is 0 Å². The van der Waals surface area contributed by atoms with E-state index in [1.165, 1.54) is 6.21 Å². The molecule has 29 heavy (non-hydrogen) atoms. The number of carbonyl (C=O) groups is 2. The third kappa shape index (κ3) is 6.58. The van der Waals surface area contributed by atoms with E-state index in [-0.39, 0.29) is 6.10 Å². The van der Waals surface area contributed by atoms with E-state index < -0.39 is 11.8 Å². The summed E-state index contributed by atoms with van der Waals surface area (Å²) in [5.74, 6) is -0.980. The molecule has 7 nitrogen and oxygen atoms in total. The minimum Gasteiger partial charge on any atom is -0.488 e. The van der Waals surface area contributed by atoms with Crippen LogP contribution in [0.5, 0.6) is 5.75 Å². The summed E-state index contributed by atoms with van der Waals surface area (Å²) in [5.41, 5.74) is 3.86. The second-order valence-electron chi connectivity index (χ2n) is 6.50. The van der Waals surface area contributed by atoms with Crippen LogP contribution in [0.2, 0.25) is 5.02 Å². The van der Waals surface area contributed by atoms with E-state index in [9.17, 15) is 9.59 Å². The number of hydrazone groups is 1. The van der Waals surface area contributed by atoms with Crippen LogP contribution < -0.4 is 15.5 Å². The van der Waals surface area contributed by atoms with Crippen LogP contribution in [0, 0.1) is 0 Å². The first-order chi connectivity index (χ1) is 14.1. The Morgan fingerprint density at radius 1 is 1.17 bits per heavy atom. The summed E-state index contributed by atoms with van der Waals surface area (Å²) in [7, 11) is 0. The highest BCUT2D eigenvalue weighted by Crippen LogP contribution is 2.18. The molecule has 152 valence electrons. The largest absolute Gasteiger partial charge is 0.488 e. The molecular formula is C21H22ClN3O4. The highest BCUT2D eigenvalue weighted by atomic mass is 35.5. The highest BCUT2D eigenvalue weighted by molar-refractivity contribution is 6.35. The smallest absolute Gasteiger partial charge is 0.329 e. The van der Waals surface area contributed by atoms with Crippen molar-refractivity contribution in [1.29, 1.82) is 0 Å². The lowest BCUT2D eigenvalue weighted by Crippen LogP contribution is -2.41. The van der Waals surface area contributed by atoms with E-state index in [2.05, 4.69) is 15.8 Å². The topological polar surface area (TPSA) is 89.0 Å². The fourth-order valence-electron chi connectivity index (χ4n) is 2.76. The molecule has 1 fully saturated rings. The maximum Gasteiger partial charge on any atom is 0.329 e. The summed E-state index contributed by atoms with van der Waals surface area (Å²) in [6, 6.07) is 14.6. The molecule has 2 amide bonds. The van der Waals surface area contributed by atoms with Crippen LogP contribution in [0.15, 0.2) is 53.6 Å². The van der Waals surface area contributed by atoms with Crippen molar-refractivity contribution in [2.24, 2.45) is 5.10 Å². The van der Waals surface area contributed by atoms with Crippen molar-refractivity contribution in [2.45, 2.75) is 25.6 Å². The van der Waals surface area contributed by atoms with Crippen LogP contribution in [0.1, 0.15) is 24.0 Å². The molecule has 2 aromatic rings. The summed E-state index contributed by atoms with van der Waals surface area (Å²) >= 11 is 5.88. The maximum absolute atomic E-state index is 11.8. The van der Waals surface area contributed by atoms with E-state index in [0.29, 0.717) is 36.1 Å². The molecule has 0 aliphatic carbocycles. The van der Waals surface area contributed by atoms with Crippen molar-refractivity contribution in [1.82, 2.24) is 10.7 Å². The van der Waals surface area contributed by atoms with Crippen molar-refractivity contribution in [2.75, 3.05) is 13.2 Å². The number of rotatable bonds is 7. The molecule has 1 atom stereocenters. The van der Waals surface area contributed by atoms with Gasteiger partial charge in [-0.15, -0.1) is 0 Å². The van der Waals surface area contributed by atoms with E-state index >= 15 is 0 Å². The molecule has 1 aliphatic rings.